The van der Waals surface area contributed by atoms with Gasteiger partial charge in [-0.3, -0.25) is 14.9 Å². The summed E-state index contributed by atoms with van der Waals surface area (Å²) in [5.41, 5.74) is 1.72. The van der Waals surface area contributed by atoms with Crippen LogP contribution in [0.1, 0.15) is 44.1 Å². The third kappa shape index (κ3) is 4.76. The Labute approximate surface area is 147 Å². The maximum absolute atomic E-state index is 13.4. The average molecular weight is 348 g/mol. The Morgan fingerprint density at radius 3 is 2.76 bits per heavy atom. The molecule has 1 aliphatic heterocycles. The molecule has 2 heterocycles. The Bertz CT molecular complexity index is 614. The molecule has 6 nitrogen and oxygen atoms in total. The molecule has 136 valence electrons. The Morgan fingerprint density at radius 1 is 1.28 bits per heavy atom. The molecule has 1 atom stereocenters. The minimum absolute atomic E-state index is 0.375. The lowest BCUT2D eigenvalue weighted by molar-refractivity contribution is -0.126. The van der Waals surface area contributed by atoms with E-state index in [1.54, 1.807) is 12.1 Å². The first-order valence-electron chi connectivity index (χ1n) is 8.94. The number of pyridine rings is 1. The Hall–Kier alpha value is -1.99. The molecule has 1 aliphatic carbocycles. The fourth-order valence-corrected chi connectivity index (χ4v) is 3.78. The van der Waals surface area contributed by atoms with Crippen molar-refractivity contribution in [2.24, 2.45) is 0 Å². The summed E-state index contributed by atoms with van der Waals surface area (Å²) in [6.45, 7) is 2.23. The number of nitrogens with zero attached hydrogens (tertiary/aromatic N) is 2. The molecule has 2 fully saturated rings. The van der Waals surface area contributed by atoms with Crippen molar-refractivity contribution in [1.82, 2.24) is 15.4 Å². The van der Waals surface area contributed by atoms with Crippen LogP contribution in [-0.4, -0.2) is 46.2 Å². The lowest BCUT2D eigenvalue weighted by atomic mass is 10.0. The van der Waals surface area contributed by atoms with Gasteiger partial charge >= 0.3 is 5.91 Å². The zero-order valence-corrected chi connectivity index (χ0v) is 14.2. The summed E-state index contributed by atoms with van der Waals surface area (Å²) in [7, 11) is 0. The van der Waals surface area contributed by atoms with E-state index < -0.39 is 11.7 Å². The van der Waals surface area contributed by atoms with Crippen LogP contribution in [0, 0.1) is 0 Å². The Balaban J connectivity index is 1.56. The lowest BCUT2D eigenvalue weighted by Gasteiger charge is -2.37. The number of hydrogen-bond acceptors (Lipinski definition) is 5. The molecule has 25 heavy (non-hydrogen) atoms. The summed E-state index contributed by atoms with van der Waals surface area (Å²) >= 11 is 0. The maximum atomic E-state index is 13.4. The van der Waals surface area contributed by atoms with Gasteiger partial charge in [0.1, 0.15) is 5.82 Å². The van der Waals surface area contributed by atoms with Crippen LogP contribution in [0.5, 0.6) is 0 Å². The first kappa shape index (κ1) is 17.8. The van der Waals surface area contributed by atoms with Gasteiger partial charge in [-0.15, -0.1) is 0 Å². The summed E-state index contributed by atoms with van der Waals surface area (Å²) in [5, 5.41) is 11.9. The van der Waals surface area contributed by atoms with Crippen molar-refractivity contribution in [3.8, 4) is 0 Å². The van der Waals surface area contributed by atoms with Crippen LogP contribution in [-0.2, 0) is 4.79 Å². The van der Waals surface area contributed by atoms with Gasteiger partial charge < -0.3 is 5.32 Å². The summed E-state index contributed by atoms with van der Waals surface area (Å²) in [4.78, 5) is 17.8. The smallest absolute Gasteiger partial charge is 0.303 e. The van der Waals surface area contributed by atoms with E-state index in [0.29, 0.717) is 11.6 Å². The molecular formula is C18H25FN4O2. The van der Waals surface area contributed by atoms with Crippen molar-refractivity contribution in [1.29, 1.82) is 0 Å². The molecule has 0 bridgehead atoms. The van der Waals surface area contributed by atoms with Crippen LogP contribution >= 0.6 is 0 Å². The zero-order chi connectivity index (χ0) is 17.6. The number of hydroxylamine groups is 1. The van der Waals surface area contributed by atoms with Crippen LogP contribution < -0.4 is 10.8 Å². The van der Waals surface area contributed by atoms with E-state index in [1.807, 2.05) is 0 Å². The normalized spacial score (nSPS) is 22.8. The molecule has 0 radical (unpaired) electrons. The molecule has 0 spiro atoms. The minimum Gasteiger partial charge on any atom is -0.366 e. The molecule has 0 aromatic carbocycles. The Kier molecular flexibility index (Phi) is 5.99. The topological polar surface area (TPSA) is 77.5 Å². The van der Waals surface area contributed by atoms with Crippen molar-refractivity contribution in [2.45, 2.75) is 50.6 Å². The number of halogens is 1. The van der Waals surface area contributed by atoms with E-state index in [4.69, 9.17) is 5.21 Å². The highest BCUT2D eigenvalue weighted by atomic mass is 19.1. The van der Waals surface area contributed by atoms with Gasteiger partial charge in [-0.2, -0.15) is 0 Å². The maximum Gasteiger partial charge on any atom is 0.303 e. The fraction of sp³-hybridized carbons (Fsp3) is 0.556. The number of aromatic nitrogens is 1. The molecule has 1 aromatic heterocycles. The number of piperidine rings is 1. The largest absolute Gasteiger partial charge is 0.366 e. The zero-order valence-electron chi connectivity index (χ0n) is 14.2. The molecule has 1 amide bonds. The lowest BCUT2D eigenvalue weighted by Crippen LogP contribution is -2.46. The van der Waals surface area contributed by atoms with E-state index >= 15 is 0 Å². The van der Waals surface area contributed by atoms with Crippen LogP contribution in [0.4, 0.5) is 10.2 Å². The fourth-order valence-electron chi connectivity index (χ4n) is 3.78. The van der Waals surface area contributed by atoms with E-state index in [1.165, 1.54) is 50.3 Å². The summed E-state index contributed by atoms with van der Waals surface area (Å²) in [6.07, 6.45) is 10.2. The third-order valence-corrected chi connectivity index (χ3v) is 5.04. The Morgan fingerprint density at radius 2 is 2.08 bits per heavy atom. The van der Waals surface area contributed by atoms with Gasteiger partial charge in [-0.25, -0.2) is 14.9 Å². The number of amides is 1. The first-order chi connectivity index (χ1) is 12.2. The molecule has 1 saturated heterocycles. The van der Waals surface area contributed by atoms with E-state index in [0.717, 1.165) is 30.9 Å². The van der Waals surface area contributed by atoms with E-state index in [-0.39, 0.29) is 0 Å². The predicted molar refractivity (Wildman–Crippen MR) is 93.7 cm³/mol. The second kappa shape index (κ2) is 8.40. The summed E-state index contributed by atoms with van der Waals surface area (Å²) in [5.74, 6) is -1.48. The molecule has 1 saturated carbocycles. The number of hydrogen-bond donors (Lipinski definition) is 3. The van der Waals surface area contributed by atoms with Crippen molar-refractivity contribution >= 4 is 17.8 Å². The monoisotopic (exact) mass is 348 g/mol. The first-order valence-corrected chi connectivity index (χ1v) is 8.94. The number of anilines is 1. The highest BCUT2D eigenvalue weighted by Gasteiger charge is 2.27. The average Bonchev–Trinajstić information content (AvgIpc) is 3.17. The molecule has 2 aliphatic rings. The van der Waals surface area contributed by atoms with Gasteiger partial charge in [-0.05, 0) is 56.0 Å². The van der Waals surface area contributed by atoms with Crippen molar-refractivity contribution in [3.05, 3.63) is 29.7 Å². The highest BCUT2D eigenvalue weighted by molar-refractivity contribution is 5.94. The second-order valence-electron chi connectivity index (χ2n) is 6.83. The molecule has 1 aromatic rings. The summed E-state index contributed by atoms with van der Waals surface area (Å²) in [6, 6.07) is 4.59. The quantitative estimate of drug-likeness (QED) is 0.433. The predicted octanol–water partition coefficient (Wildman–Crippen LogP) is 2.72. The number of rotatable bonds is 5. The van der Waals surface area contributed by atoms with Crippen LogP contribution in [0.2, 0.25) is 0 Å². The number of carbonyl (C=O) groups excluding carboxylic acids is 1. The standard InChI is InChI=1S/C18H25FN4O2/c19-16(18(24)22-25)10-13-7-8-17(20-11-13)21-14-4-3-9-23(12-14)15-5-1-2-6-15/h7-8,10-11,14-15,25H,1-6,9,12H2,(H,20,21)(H,22,24)/t14-/m1/s1. The second-order valence-corrected chi connectivity index (χ2v) is 6.83. The SMILES string of the molecule is O=C(NO)C(F)=Cc1ccc(N[C@@H]2CCCN(C3CCCC3)C2)nc1. The van der Waals surface area contributed by atoms with Crippen LogP contribution in [0.25, 0.3) is 6.08 Å². The van der Waals surface area contributed by atoms with Gasteiger partial charge in [0.2, 0.25) is 0 Å². The molecule has 7 heteroatoms. The van der Waals surface area contributed by atoms with Gasteiger partial charge in [0, 0.05) is 24.8 Å². The summed E-state index contributed by atoms with van der Waals surface area (Å²) < 4.78 is 13.4. The number of carbonyl (C=O) groups is 1. The van der Waals surface area contributed by atoms with E-state index in [9.17, 15) is 9.18 Å². The van der Waals surface area contributed by atoms with E-state index in [2.05, 4.69) is 15.2 Å². The van der Waals surface area contributed by atoms with Crippen LogP contribution in [0.3, 0.4) is 0 Å². The molecule has 0 unspecified atom stereocenters. The van der Waals surface area contributed by atoms with Gasteiger partial charge in [-0.1, -0.05) is 12.8 Å². The van der Waals surface area contributed by atoms with Gasteiger partial charge in [0.15, 0.2) is 5.83 Å². The third-order valence-electron chi connectivity index (χ3n) is 5.04. The number of nitrogens with one attached hydrogen (secondary N) is 2. The van der Waals surface area contributed by atoms with Gasteiger partial charge in [0.05, 0.1) is 0 Å². The molecule has 3 N–H and O–H groups in total. The van der Waals surface area contributed by atoms with Gasteiger partial charge in [0.25, 0.3) is 0 Å². The van der Waals surface area contributed by atoms with Crippen molar-refractivity contribution in [2.75, 3.05) is 18.4 Å². The number of likely N-dealkylation sites (tertiary alicyclic amines) is 1. The van der Waals surface area contributed by atoms with Crippen molar-refractivity contribution < 1.29 is 14.4 Å². The molecular weight excluding hydrogens is 323 g/mol. The highest BCUT2D eigenvalue weighted by Crippen LogP contribution is 2.26. The minimum atomic E-state index is -1.17. The van der Waals surface area contributed by atoms with Crippen molar-refractivity contribution in [3.63, 3.8) is 0 Å². The van der Waals surface area contributed by atoms with Crippen LogP contribution in [0.15, 0.2) is 24.2 Å². The molecule has 3 rings (SSSR count).